The number of hydrogen-bond acceptors (Lipinski definition) is 4. The first-order valence-corrected chi connectivity index (χ1v) is 8.75. The minimum atomic E-state index is -0.281. The fraction of sp³-hybridized carbons (Fsp3) is 0.421. The third-order valence-electron chi connectivity index (χ3n) is 4.72. The molecule has 0 spiro atoms. The molecule has 0 fully saturated rings. The molecule has 2 amide bonds. The first-order valence-electron chi connectivity index (χ1n) is 8.75. The first kappa shape index (κ1) is 18.0. The van der Waals surface area contributed by atoms with Crippen molar-refractivity contribution in [3.8, 4) is 5.75 Å². The zero-order chi connectivity index (χ0) is 18.7. The van der Waals surface area contributed by atoms with Crippen LogP contribution in [0.3, 0.4) is 0 Å². The number of fused-ring (bicyclic) bond motifs is 1. The molecule has 0 saturated carbocycles. The lowest BCUT2D eigenvalue weighted by Crippen LogP contribution is -2.31. The van der Waals surface area contributed by atoms with Crippen molar-refractivity contribution in [2.24, 2.45) is 0 Å². The van der Waals surface area contributed by atoms with Crippen LogP contribution in [0.25, 0.3) is 0 Å². The van der Waals surface area contributed by atoms with E-state index in [0.717, 1.165) is 25.0 Å². The van der Waals surface area contributed by atoms with Gasteiger partial charge in [0.05, 0.1) is 25.0 Å². The summed E-state index contributed by atoms with van der Waals surface area (Å²) in [5.41, 5.74) is 4.34. The van der Waals surface area contributed by atoms with Crippen LogP contribution in [0.2, 0.25) is 0 Å². The van der Waals surface area contributed by atoms with Gasteiger partial charge in [0.15, 0.2) is 5.78 Å². The Balaban J connectivity index is 1.72. The van der Waals surface area contributed by atoms with Gasteiger partial charge in [-0.3, -0.25) is 9.89 Å². The van der Waals surface area contributed by atoms with Crippen LogP contribution in [-0.2, 0) is 19.4 Å². The molecular weight excluding hydrogens is 332 g/mol. The molecule has 1 aromatic heterocycles. The summed E-state index contributed by atoms with van der Waals surface area (Å²) in [6.45, 7) is 1.91. The number of carbonyl (C=O) groups is 2. The van der Waals surface area contributed by atoms with Crippen molar-refractivity contribution >= 4 is 17.5 Å². The van der Waals surface area contributed by atoms with Gasteiger partial charge in [-0.1, -0.05) is 0 Å². The lowest BCUT2D eigenvalue weighted by molar-refractivity contribution is 0.101. The molecule has 26 heavy (non-hydrogen) atoms. The molecule has 0 unspecified atom stereocenters. The zero-order valence-corrected chi connectivity index (χ0v) is 15.4. The number of aromatic amines is 1. The Labute approximate surface area is 152 Å². The Hall–Kier alpha value is -2.83. The largest absolute Gasteiger partial charge is 0.495 e. The van der Waals surface area contributed by atoms with E-state index in [9.17, 15) is 9.59 Å². The number of amides is 2. The van der Waals surface area contributed by atoms with Gasteiger partial charge in [-0.15, -0.1) is 0 Å². The number of methoxy groups -OCH3 is 1. The second-order valence-electron chi connectivity index (χ2n) is 6.59. The van der Waals surface area contributed by atoms with Crippen molar-refractivity contribution in [2.45, 2.75) is 39.2 Å². The number of nitrogens with one attached hydrogen (secondary N) is 2. The first-order chi connectivity index (χ1) is 12.5. The van der Waals surface area contributed by atoms with E-state index in [-0.39, 0.29) is 11.8 Å². The monoisotopic (exact) mass is 356 g/mol. The number of nitrogens with zero attached hydrogens (tertiary/aromatic N) is 2. The molecule has 7 nitrogen and oxygen atoms in total. The number of benzene rings is 1. The number of carbonyl (C=O) groups excluding carboxylic acids is 2. The molecule has 0 atom stereocenters. The summed E-state index contributed by atoms with van der Waals surface area (Å²) in [6.07, 6.45) is 4.36. The lowest BCUT2D eigenvalue weighted by atomic mass is 9.96. The van der Waals surface area contributed by atoms with Gasteiger partial charge in [0, 0.05) is 18.3 Å². The van der Waals surface area contributed by atoms with E-state index in [1.54, 1.807) is 30.1 Å². The summed E-state index contributed by atoms with van der Waals surface area (Å²) in [4.78, 5) is 25.8. The van der Waals surface area contributed by atoms with Crippen LogP contribution in [0.1, 0.15) is 47.1 Å². The highest BCUT2D eigenvalue weighted by Crippen LogP contribution is 2.27. The summed E-state index contributed by atoms with van der Waals surface area (Å²) in [7, 11) is 3.25. The maximum atomic E-state index is 12.6. The number of aromatic nitrogens is 2. The summed E-state index contributed by atoms with van der Waals surface area (Å²) >= 11 is 0. The predicted octanol–water partition coefficient (Wildman–Crippen LogP) is 3.16. The molecule has 1 aliphatic rings. The number of anilines is 1. The van der Waals surface area contributed by atoms with Crippen LogP contribution in [0, 0.1) is 0 Å². The summed E-state index contributed by atoms with van der Waals surface area (Å²) in [5, 5.41) is 10.3. The number of aryl methyl sites for hydroxylation is 1. The third kappa shape index (κ3) is 3.71. The van der Waals surface area contributed by atoms with E-state index in [0.29, 0.717) is 23.5 Å². The molecule has 2 N–H and O–H groups in total. The van der Waals surface area contributed by atoms with Crippen LogP contribution < -0.4 is 10.1 Å². The number of ketones is 1. The summed E-state index contributed by atoms with van der Waals surface area (Å²) in [5.74, 6) is 0.438. The highest BCUT2D eigenvalue weighted by Gasteiger charge is 2.20. The quantitative estimate of drug-likeness (QED) is 0.806. The average Bonchev–Trinajstić information content (AvgIpc) is 3.04. The van der Waals surface area contributed by atoms with Gasteiger partial charge in [0.25, 0.3) is 0 Å². The minimum Gasteiger partial charge on any atom is -0.495 e. The maximum absolute atomic E-state index is 12.6. The smallest absolute Gasteiger partial charge is 0.322 e. The molecule has 0 radical (unpaired) electrons. The second-order valence-corrected chi connectivity index (χ2v) is 6.59. The van der Waals surface area contributed by atoms with Gasteiger partial charge < -0.3 is 15.0 Å². The number of urea groups is 1. The van der Waals surface area contributed by atoms with Crippen molar-refractivity contribution in [1.82, 2.24) is 15.1 Å². The highest BCUT2D eigenvalue weighted by molar-refractivity contribution is 5.97. The Morgan fingerprint density at radius 2 is 2.08 bits per heavy atom. The van der Waals surface area contributed by atoms with Crippen molar-refractivity contribution < 1.29 is 14.3 Å². The number of Topliss-reactive ketones (excluding diaryl/α,β-unsaturated/α-hetero) is 1. The van der Waals surface area contributed by atoms with E-state index < -0.39 is 0 Å². The van der Waals surface area contributed by atoms with Crippen molar-refractivity contribution in [1.29, 1.82) is 0 Å². The molecule has 1 aromatic carbocycles. The van der Waals surface area contributed by atoms with Crippen LogP contribution in [0.5, 0.6) is 5.75 Å². The van der Waals surface area contributed by atoms with Crippen LogP contribution >= 0.6 is 0 Å². The summed E-state index contributed by atoms with van der Waals surface area (Å²) in [6, 6.07) is 4.70. The van der Waals surface area contributed by atoms with Crippen molar-refractivity contribution in [3.63, 3.8) is 0 Å². The van der Waals surface area contributed by atoms with Crippen LogP contribution in [0.15, 0.2) is 18.2 Å². The molecule has 1 heterocycles. The number of hydrogen-bond donors (Lipinski definition) is 2. The average molecular weight is 356 g/mol. The minimum absolute atomic E-state index is 0.0698. The fourth-order valence-electron chi connectivity index (χ4n) is 3.21. The van der Waals surface area contributed by atoms with Crippen LogP contribution in [0.4, 0.5) is 10.5 Å². The standard InChI is InChI=1S/C19H24N4O3/c1-12(24)13-8-9-18(26-3)16(10-13)20-19(25)23(2)11-17-14-6-4-5-7-15(14)21-22-17/h8-10H,4-7,11H2,1-3H3,(H,20,25)(H,21,22). The maximum Gasteiger partial charge on any atom is 0.322 e. The lowest BCUT2D eigenvalue weighted by Gasteiger charge is -2.20. The van der Waals surface area contributed by atoms with Gasteiger partial charge in [-0.25, -0.2) is 4.79 Å². The highest BCUT2D eigenvalue weighted by atomic mass is 16.5. The topological polar surface area (TPSA) is 87.3 Å². The number of rotatable bonds is 5. The molecule has 0 bridgehead atoms. The Bertz CT molecular complexity index is 828. The molecule has 0 aliphatic heterocycles. The van der Waals surface area contributed by atoms with E-state index in [4.69, 9.17) is 4.74 Å². The molecule has 2 aromatic rings. The van der Waals surface area contributed by atoms with E-state index in [1.807, 2.05) is 0 Å². The summed E-state index contributed by atoms with van der Waals surface area (Å²) < 4.78 is 5.28. The predicted molar refractivity (Wildman–Crippen MR) is 98.7 cm³/mol. The van der Waals surface area contributed by atoms with Gasteiger partial charge >= 0.3 is 6.03 Å². The Kier molecular flexibility index (Phi) is 5.25. The molecule has 1 aliphatic carbocycles. The van der Waals surface area contributed by atoms with Crippen molar-refractivity contribution in [3.05, 3.63) is 40.7 Å². The van der Waals surface area contributed by atoms with Gasteiger partial charge in [0.1, 0.15) is 5.75 Å². The van der Waals surface area contributed by atoms with Crippen molar-refractivity contribution in [2.75, 3.05) is 19.5 Å². The Morgan fingerprint density at radius 3 is 2.81 bits per heavy atom. The fourth-order valence-corrected chi connectivity index (χ4v) is 3.21. The normalized spacial score (nSPS) is 13.0. The molecule has 3 rings (SSSR count). The Morgan fingerprint density at radius 1 is 1.31 bits per heavy atom. The third-order valence-corrected chi connectivity index (χ3v) is 4.72. The molecule has 138 valence electrons. The SMILES string of the molecule is COc1ccc(C(C)=O)cc1NC(=O)N(C)Cc1n[nH]c2c1CCCC2. The van der Waals surface area contributed by atoms with Gasteiger partial charge in [0.2, 0.25) is 0 Å². The number of H-pyrrole nitrogens is 1. The van der Waals surface area contributed by atoms with Crippen LogP contribution in [-0.4, -0.2) is 41.1 Å². The number of ether oxygens (including phenoxy) is 1. The van der Waals surface area contributed by atoms with Gasteiger partial charge in [-0.05, 0) is 56.4 Å². The van der Waals surface area contributed by atoms with E-state index in [2.05, 4.69) is 15.5 Å². The second kappa shape index (κ2) is 7.59. The molecule has 0 saturated heterocycles. The van der Waals surface area contributed by atoms with E-state index >= 15 is 0 Å². The molecule has 7 heteroatoms. The zero-order valence-electron chi connectivity index (χ0n) is 15.4. The molecular formula is C19H24N4O3. The van der Waals surface area contributed by atoms with E-state index in [1.165, 1.54) is 31.7 Å². The van der Waals surface area contributed by atoms with Gasteiger partial charge in [-0.2, -0.15) is 5.10 Å².